The van der Waals surface area contributed by atoms with Crippen LogP contribution in [0.5, 0.6) is 0 Å². The Labute approximate surface area is 109 Å². The van der Waals surface area contributed by atoms with Crippen molar-refractivity contribution in [3.63, 3.8) is 0 Å². The van der Waals surface area contributed by atoms with Crippen LogP contribution in [0.4, 0.5) is 0 Å². The van der Waals surface area contributed by atoms with Gasteiger partial charge in [-0.3, -0.25) is 9.48 Å². The first kappa shape index (κ1) is 13.1. The highest BCUT2D eigenvalue weighted by molar-refractivity contribution is 5.79. The Balaban J connectivity index is 2.33. The number of rotatable bonds is 3. The summed E-state index contributed by atoms with van der Waals surface area (Å²) in [5.74, 6) is 0.617. The molecule has 0 aliphatic carbocycles. The number of aryl methyl sites for hydroxylation is 2. The molecule has 4 nitrogen and oxygen atoms in total. The molecule has 2 rings (SSSR count). The molecule has 1 unspecified atom stereocenters. The van der Waals surface area contributed by atoms with Crippen LogP contribution < -0.4 is 5.32 Å². The van der Waals surface area contributed by atoms with E-state index in [2.05, 4.69) is 31.2 Å². The average molecular weight is 249 g/mol. The van der Waals surface area contributed by atoms with E-state index in [9.17, 15) is 4.79 Å². The molecule has 1 fully saturated rings. The summed E-state index contributed by atoms with van der Waals surface area (Å²) in [6.07, 6.45) is 2.47. The van der Waals surface area contributed by atoms with Crippen molar-refractivity contribution < 1.29 is 4.79 Å². The highest BCUT2D eigenvalue weighted by atomic mass is 16.2. The third kappa shape index (κ3) is 2.04. The van der Waals surface area contributed by atoms with Crippen LogP contribution >= 0.6 is 0 Å². The first-order chi connectivity index (χ1) is 8.35. The van der Waals surface area contributed by atoms with E-state index in [4.69, 9.17) is 0 Å². The maximum atomic E-state index is 11.6. The molecule has 4 heteroatoms. The Morgan fingerprint density at radius 1 is 1.44 bits per heavy atom. The van der Waals surface area contributed by atoms with Crippen molar-refractivity contribution in [2.24, 2.45) is 13.0 Å². The zero-order valence-corrected chi connectivity index (χ0v) is 12.0. The molecule has 1 aliphatic rings. The normalized spacial score (nSPS) is 23.8. The van der Waals surface area contributed by atoms with Crippen LogP contribution in [0.2, 0.25) is 0 Å². The lowest BCUT2D eigenvalue weighted by Crippen LogP contribution is -2.48. The Morgan fingerprint density at radius 2 is 2.11 bits per heavy atom. The molecule has 1 atom stereocenters. The van der Waals surface area contributed by atoms with E-state index in [1.165, 1.54) is 11.3 Å². The molecule has 0 radical (unpaired) electrons. The van der Waals surface area contributed by atoms with Gasteiger partial charge < -0.3 is 5.32 Å². The summed E-state index contributed by atoms with van der Waals surface area (Å²) < 4.78 is 1.93. The number of hydrogen-bond acceptors (Lipinski definition) is 2. The second-order valence-corrected chi connectivity index (χ2v) is 5.81. The summed E-state index contributed by atoms with van der Waals surface area (Å²) in [5, 5.41) is 7.67. The predicted octanol–water partition coefficient (Wildman–Crippen LogP) is 1.88. The minimum Gasteiger partial charge on any atom is -0.350 e. The molecule has 18 heavy (non-hydrogen) atoms. The Hall–Kier alpha value is -1.32. The number of carbonyl (C=O) groups is 1. The van der Waals surface area contributed by atoms with Gasteiger partial charge in [-0.2, -0.15) is 5.10 Å². The van der Waals surface area contributed by atoms with Gasteiger partial charge in [-0.15, -0.1) is 0 Å². The quantitative estimate of drug-likeness (QED) is 0.889. The molecule has 2 heterocycles. The van der Waals surface area contributed by atoms with Crippen molar-refractivity contribution in [3.8, 4) is 0 Å². The number of carbonyl (C=O) groups excluding carboxylic acids is 1. The second kappa shape index (κ2) is 4.41. The van der Waals surface area contributed by atoms with E-state index >= 15 is 0 Å². The van der Waals surface area contributed by atoms with Gasteiger partial charge in [0.05, 0.1) is 5.69 Å². The van der Waals surface area contributed by atoms with Crippen LogP contribution in [0.3, 0.4) is 0 Å². The van der Waals surface area contributed by atoms with E-state index in [0.717, 1.165) is 18.5 Å². The van der Waals surface area contributed by atoms with Gasteiger partial charge in [-0.1, -0.05) is 13.8 Å². The van der Waals surface area contributed by atoms with Gasteiger partial charge in [0.15, 0.2) is 0 Å². The van der Waals surface area contributed by atoms with E-state index in [1.54, 1.807) is 0 Å². The molecule has 1 N–H and O–H groups in total. The van der Waals surface area contributed by atoms with Crippen LogP contribution in [-0.2, 0) is 18.3 Å². The van der Waals surface area contributed by atoms with Gasteiger partial charge in [0, 0.05) is 24.7 Å². The molecule has 1 saturated heterocycles. The van der Waals surface area contributed by atoms with Crippen LogP contribution in [-0.4, -0.2) is 21.2 Å². The van der Waals surface area contributed by atoms with Gasteiger partial charge in [-0.05, 0) is 38.2 Å². The summed E-state index contributed by atoms with van der Waals surface area (Å²) in [6.45, 7) is 8.52. The molecule has 0 bridgehead atoms. The third-order valence-electron chi connectivity index (χ3n) is 4.44. The number of aromatic nitrogens is 2. The highest BCUT2D eigenvalue weighted by Crippen LogP contribution is 2.33. The molecule has 1 aliphatic heterocycles. The summed E-state index contributed by atoms with van der Waals surface area (Å²) in [5.41, 5.74) is 3.48. The van der Waals surface area contributed by atoms with Crippen LogP contribution in [0, 0.1) is 19.8 Å². The first-order valence-corrected chi connectivity index (χ1v) is 6.66. The fourth-order valence-electron chi connectivity index (χ4n) is 2.90. The van der Waals surface area contributed by atoms with Gasteiger partial charge in [0.25, 0.3) is 0 Å². The molecule has 1 aromatic heterocycles. The molecule has 0 saturated carbocycles. The predicted molar refractivity (Wildman–Crippen MR) is 71.3 cm³/mol. The minimum absolute atomic E-state index is 0.0877. The van der Waals surface area contributed by atoms with Crippen molar-refractivity contribution in [2.45, 2.75) is 52.5 Å². The van der Waals surface area contributed by atoms with Gasteiger partial charge in [-0.25, -0.2) is 0 Å². The monoisotopic (exact) mass is 249 g/mol. The van der Waals surface area contributed by atoms with E-state index in [-0.39, 0.29) is 11.4 Å². The molecule has 0 aromatic carbocycles. The molecule has 0 spiro atoms. The number of hydrogen-bond donors (Lipinski definition) is 1. The number of nitrogens with one attached hydrogen (secondary N) is 1. The first-order valence-electron chi connectivity index (χ1n) is 6.66. The van der Waals surface area contributed by atoms with Crippen molar-refractivity contribution >= 4 is 5.91 Å². The lowest BCUT2D eigenvalue weighted by Gasteiger charge is -2.33. The Kier molecular flexibility index (Phi) is 3.21. The summed E-state index contributed by atoms with van der Waals surface area (Å²) in [6, 6.07) is 0. The average Bonchev–Trinajstić information content (AvgIpc) is 2.77. The van der Waals surface area contributed by atoms with Crippen molar-refractivity contribution in [1.29, 1.82) is 0 Å². The Bertz CT molecular complexity index is 476. The minimum atomic E-state index is -0.0877. The maximum absolute atomic E-state index is 11.6. The SMILES string of the molecule is Cc1nn(C)c(C)c1CC1(C(C)C)CCC(=O)N1. The van der Waals surface area contributed by atoms with E-state index in [0.29, 0.717) is 12.3 Å². The molecule has 1 amide bonds. The van der Waals surface area contributed by atoms with Crippen molar-refractivity contribution in [1.82, 2.24) is 15.1 Å². The van der Waals surface area contributed by atoms with Crippen LogP contribution in [0.1, 0.15) is 43.6 Å². The van der Waals surface area contributed by atoms with E-state index < -0.39 is 0 Å². The van der Waals surface area contributed by atoms with E-state index in [1.807, 2.05) is 18.7 Å². The standard InChI is InChI=1S/C14H23N3O/c1-9(2)14(7-6-13(18)15-14)8-12-10(3)16-17(5)11(12)4/h9H,6-8H2,1-5H3,(H,15,18). The lowest BCUT2D eigenvalue weighted by atomic mass is 9.79. The van der Waals surface area contributed by atoms with Crippen molar-refractivity contribution in [2.75, 3.05) is 0 Å². The fourth-order valence-corrected chi connectivity index (χ4v) is 2.90. The lowest BCUT2D eigenvalue weighted by molar-refractivity contribution is -0.120. The van der Waals surface area contributed by atoms with Gasteiger partial charge in [0.1, 0.15) is 0 Å². The zero-order chi connectivity index (χ0) is 13.5. The van der Waals surface area contributed by atoms with Gasteiger partial charge in [0.2, 0.25) is 5.91 Å². The topological polar surface area (TPSA) is 46.9 Å². The molecular formula is C14H23N3O. The smallest absolute Gasteiger partial charge is 0.220 e. The van der Waals surface area contributed by atoms with Gasteiger partial charge >= 0.3 is 0 Å². The summed E-state index contributed by atoms with van der Waals surface area (Å²) >= 11 is 0. The zero-order valence-electron chi connectivity index (χ0n) is 12.0. The summed E-state index contributed by atoms with van der Waals surface area (Å²) in [7, 11) is 1.97. The number of amides is 1. The molecule has 1 aromatic rings. The largest absolute Gasteiger partial charge is 0.350 e. The molecule has 100 valence electrons. The number of nitrogens with zero attached hydrogens (tertiary/aromatic N) is 2. The fraction of sp³-hybridized carbons (Fsp3) is 0.714. The van der Waals surface area contributed by atoms with Crippen molar-refractivity contribution in [3.05, 3.63) is 17.0 Å². The Morgan fingerprint density at radius 3 is 2.50 bits per heavy atom. The third-order valence-corrected chi connectivity index (χ3v) is 4.44. The summed E-state index contributed by atoms with van der Waals surface area (Å²) in [4.78, 5) is 11.6. The second-order valence-electron chi connectivity index (χ2n) is 5.81. The van der Waals surface area contributed by atoms with Crippen LogP contribution in [0.25, 0.3) is 0 Å². The maximum Gasteiger partial charge on any atom is 0.220 e. The highest BCUT2D eigenvalue weighted by Gasteiger charge is 2.41. The molecular weight excluding hydrogens is 226 g/mol. The van der Waals surface area contributed by atoms with Crippen LogP contribution in [0.15, 0.2) is 0 Å².